The van der Waals surface area contributed by atoms with Crippen LogP contribution in [0.3, 0.4) is 0 Å². The molecule has 11 heteroatoms. The normalized spacial score (nSPS) is 32.9. The third-order valence-corrected chi connectivity index (χ3v) is 14.0. The number of methoxy groups -OCH3 is 1. The maximum atomic E-state index is 13.9. The zero-order valence-electron chi connectivity index (χ0n) is 31.1. The highest BCUT2D eigenvalue weighted by molar-refractivity contribution is 7.98. The van der Waals surface area contributed by atoms with Gasteiger partial charge in [-0.2, -0.15) is 0 Å². The highest BCUT2D eigenvalue weighted by atomic mass is 35.5. The van der Waals surface area contributed by atoms with Crippen LogP contribution in [-0.2, 0) is 30.8 Å². The van der Waals surface area contributed by atoms with Crippen LogP contribution in [0, 0.1) is 11.8 Å². The zero-order chi connectivity index (χ0) is 36.2. The Labute approximate surface area is 324 Å². The summed E-state index contributed by atoms with van der Waals surface area (Å²) in [4.78, 5) is 18.9. The van der Waals surface area contributed by atoms with Crippen molar-refractivity contribution in [2.75, 3.05) is 77.8 Å². The molecular weight excluding hydrogens is 710 g/mol. The molecule has 8 rings (SSSR count). The van der Waals surface area contributed by atoms with E-state index in [1.54, 1.807) is 7.11 Å². The van der Waals surface area contributed by atoms with Gasteiger partial charge in [-0.25, -0.2) is 0 Å². The minimum Gasteiger partial charge on any atom is -0.490 e. The third kappa shape index (κ3) is 8.59. The second-order valence-corrected chi connectivity index (χ2v) is 17.5. The highest BCUT2D eigenvalue weighted by Crippen LogP contribution is 2.47. The first-order valence-corrected chi connectivity index (χ1v) is 21.2. The van der Waals surface area contributed by atoms with E-state index in [1.165, 1.54) is 23.1 Å². The van der Waals surface area contributed by atoms with Gasteiger partial charge in [-0.15, -0.1) is 0 Å². The molecule has 2 aromatic carbocycles. The number of nitrogens with one attached hydrogen (secondary N) is 1. The molecular formula is C42H56ClN3O6S. The Morgan fingerprint density at radius 1 is 1.08 bits per heavy atom. The number of amides is 1. The molecule has 7 atom stereocenters. The largest absolute Gasteiger partial charge is 0.490 e. The molecule has 1 N–H and O–H groups in total. The number of aryl methyl sites for hydroxylation is 1. The number of carbonyl (C=O) groups excluding carboxylic acids is 1. The van der Waals surface area contributed by atoms with Crippen molar-refractivity contribution in [1.82, 2.24) is 9.62 Å². The Morgan fingerprint density at radius 2 is 1.98 bits per heavy atom. The molecule has 6 aliphatic rings. The number of hydrogen-bond donors (Lipinski definition) is 1. The fraction of sp³-hybridized carbons (Fsp3) is 0.643. The summed E-state index contributed by atoms with van der Waals surface area (Å²) in [6.07, 6.45) is 13.8. The van der Waals surface area contributed by atoms with Gasteiger partial charge in [-0.05, 0) is 123 Å². The van der Waals surface area contributed by atoms with Gasteiger partial charge in [0.1, 0.15) is 5.75 Å². The molecule has 9 nitrogen and oxygen atoms in total. The van der Waals surface area contributed by atoms with Gasteiger partial charge < -0.3 is 28.6 Å². The van der Waals surface area contributed by atoms with E-state index < -0.39 is 0 Å². The first kappa shape index (κ1) is 37.6. The zero-order valence-corrected chi connectivity index (χ0v) is 32.7. The molecule has 1 spiro atoms. The summed E-state index contributed by atoms with van der Waals surface area (Å²) < 4.78 is 34.6. The van der Waals surface area contributed by atoms with Crippen molar-refractivity contribution < 1.29 is 28.5 Å². The number of morpholine rings is 1. The Kier molecular flexibility index (Phi) is 12.2. The predicted molar refractivity (Wildman–Crippen MR) is 210 cm³/mol. The smallest absolute Gasteiger partial charge is 0.261 e. The van der Waals surface area contributed by atoms with Crippen molar-refractivity contribution in [3.63, 3.8) is 0 Å². The van der Waals surface area contributed by atoms with E-state index in [4.69, 9.17) is 35.3 Å². The number of hydrogen-bond acceptors (Lipinski definition) is 9. The van der Waals surface area contributed by atoms with Crippen LogP contribution in [0.4, 0.5) is 5.69 Å². The van der Waals surface area contributed by atoms with Crippen molar-refractivity contribution in [2.45, 2.75) is 86.8 Å². The molecule has 4 heterocycles. The van der Waals surface area contributed by atoms with Crippen LogP contribution in [0.2, 0.25) is 5.02 Å². The number of anilines is 1. The lowest BCUT2D eigenvalue weighted by atomic mass is 9.68. The predicted octanol–water partition coefficient (Wildman–Crippen LogP) is 6.85. The molecule has 1 amide bonds. The molecule has 0 aromatic heterocycles. The summed E-state index contributed by atoms with van der Waals surface area (Å²) >= 11 is 8.00. The lowest BCUT2D eigenvalue weighted by molar-refractivity contribution is -0.0316. The SMILES string of the molecule is CO[C@@H]1C/C=C\[C@H](OCCN2CCOCC2)[C@@H]2CC[C@H]2CN2C[C@@]3(CCCc4cc(Cl)ccc43)COc3ccc(cc32)C(=O)NS[C@H]1C[C@@H]1CCCO1. The van der Waals surface area contributed by atoms with Gasteiger partial charge in [0, 0.05) is 62.4 Å². The van der Waals surface area contributed by atoms with E-state index >= 15 is 0 Å². The van der Waals surface area contributed by atoms with Crippen LogP contribution in [0.1, 0.15) is 72.9 Å². The second kappa shape index (κ2) is 17.2. The van der Waals surface area contributed by atoms with Crippen molar-refractivity contribution in [3.8, 4) is 5.75 Å². The van der Waals surface area contributed by atoms with E-state index in [0.717, 1.165) is 127 Å². The average molecular weight is 766 g/mol. The lowest BCUT2D eigenvalue weighted by Gasteiger charge is -2.46. The average Bonchev–Trinajstić information content (AvgIpc) is 3.63. The van der Waals surface area contributed by atoms with E-state index in [-0.39, 0.29) is 34.9 Å². The maximum Gasteiger partial charge on any atom is 0.261 e. The van der Waals surface area contributed by atoms with Crippen LogP contribution in [0.15, 0.2) is 48.6 Å². The third-order valence-electron chi connectivity index (χ3n) is 12.7. The van der Waals surface area contributed by atoms with Crippen LogP contribution in [0.5, 0.6) is 5.75 Å². The summed E-state index contributed by atoms with van der Waals surface area (Å²) in [5.41, 5.74) is 4.16. The van der Waals surface area contributed by atoms with Gasteiger partial charge >= 0.3 is 0 Å². The Bertz CT molecular complexity index is 1600. The quantitative estimate of drug-likeness (QED) is 0.241. The Morgan fingerprint density at radius 3 is 2.79 bits per heavy atom. The number of carbonyl (C=O) groups is 1. The van der Waals surface area contributed by atoms with Crippen LogP contribution in [-0.4, -0.2) is 107 Å². The van der Waals surface area contributed by atoms with Gasteiger partial charge in [0.25, 0.3) is 5.91 Å². The van der Waals surface area contributed by atoms with E-state index in [1.807, 2.05) is 18.2 Å². The lowest BCUT2D eigenvalue weighted by Crippen LogP contribution is -2.50. The summed E-state index contributed by atoms with van der Waals surface area (Å²) in [6, 6.07) is 12.4. The van der Waals surface area contributed by atoms with Crippen molar-refractivity contribution >= 4 is 35.1 Å². The molecule has 2 aromatic rings. The van der Waals surface area contributed by atoms with Gasteiger partial charge in [0.2, 0.25) is 0 Å². The standard InChI is InChI=1S/C42H56ClN3O6S/c1-48-39-8-2-7-37(51-22-18-45-16-20-49-21-17-45)34-12-9-31(34)26-46-27-42(15-3-5-29-23-32(43)11-13-35(29)42)28-52-38-14-10-30(24-36(38)46)41(47)44-53-40(39)25-33-6-4-19-50-33/h2,7,10-11,13-14,23-24,31,33-34,37,39-40H,3-6,8-9,12,15-22,25-28H2,1H3,(H,44,47)/b7-2-/t31-,33-,34+,37-,39+,40-,42-/m0/s1. The van der Waals surface area contributed by atoms with E-state index in [0.29, 0.717) is 30.6 Å². The first-order chi connectivity index (χ1) is 26.0. The topological polar surface area (TPSA) is 81.7 Å². The molecule has 3 fully saturated rings. The number of rotatable bonds is 7. The first-order valence-electron chi connectivity index (χ1n) is 20.0. The molecule has 1 saturated carbocycles. The Hall–Kier alpha value is -2.31. The molecule has 4 aliphatic heterocycles. The number of benzene rings is 2. The number of fused-ring (bicyclic) bond motifs is 4. The molecule has 2 aliphatic carbocycles. The molecule has 288 valence electrons. The molecule has 0 radical (unpaired) electrons. The van der Waals surface area contributed by atoms with Crippen LogP contribution >= 0.6 is 23.5 Å². The summed E-state index contributed by atoms with van der Waals surface area (Å²) in [5, 5.41) is 0.819. The van der Waals surface area contributed by atoms with Crippen molar-refractivity contribution in [3.05, 3.63) is 70.3 Å². The van der Waals surface area contributed by atoms with E-state index in [2.05, 4.69) is 44.9 Å². The summed E-state index contributed by atoms with van der Waals surface area (Å²) in [7, 11) is 1.78. The molecule has 2 bridgehead atoms. The fourth-order valence-electron chi connectivity index (χ4n) is 9.56. The number of ether oxygens (including phenoxy) is 5. The summed E-state index contributed by atoms with van der Waals surface area (Å²) in [5.74, 6) is 1.59. The highest BCUT2D eigenvalue weighted by Gasteiger charge is 2.44. The van der Waals surface area contributed by atoms with E-state index in [9.17, 15) is 4.79 Å². The van der Waals surface area contributed by atoms with Gasteiger partial charge in [0.05, 0.1) is 55.7 Å². The molecule has 0 unspecified atom stereocenters. The van der Waals surface area contributed by atoms with Crippen LogP contribution < -0.4 is 14.4 Å². The van der Waals surface area contributed by atoms with Crippen molar-refractivity contribution in [1.29, 1.82) is 0 Å². The fourth-order valence-corrected chi connectivity index (χ4v) is 10.8. The van der Waals surface area contributed by atoms with Gasteiger partial charge in [0.15, 0.2) is 0 Å². The number of nitrogens with zero attached hydrogens (tertiary/aromatic N) is 2. The van der Waals surface area contributed by atoms with Crippen LogP contribution in [0.25, 0.3) is 0 Å². The monoisotopic (exact) mass is 765 g/mol. The minimum absolute atomic E-state index is 0.0183. The van der Waals surface area contributed by atoms with Gasteiger partial charge in [-0.3, -0.25) is 14.4 Å². The van der Waals surface area contributed by atoms with Crippen molar-refractivity contribution in [2.24, 2.45) is 11.8 Å². The second-order valence-electron chi connectivity index (χ2n) is 16.0. The molecule has 2 saturated heterocycles. The van der Waals surface area contributed by atoms with Gasteiger partial charge in [-0.1, -0.05) is 29.8 Å². The molecule has 53 heavy (non-hydrogen) atoms. The summed E-state index contributed by atoms with van der Waals surface area (Å²) in [6.45, 7) is 8.22. The minimum atomic E-state index is -0.172. The number of halogens is 1. The maximum absolute atomic E-state index is 13.9. The Balaban J connectivity index is 1.12.